The molecule has 0 bridgehead atoms. The Morgan fingerprint density at radius 3 is 0.851 bits per heavy atom. The molecule has 94 heavy (non-hydrogen) atoms. The number of carbonyl (C=O) groups is 2. The van der Waals surface area contributed by atoms with Crippen LogP contribution in [0.15, 0.2) is 36.5 Å². The highest BCUT2D eigenvalue weighted by Gasteiger charge is 2.27. The second-order valence-electron chi connectivity index (χ2n) is 29.9. The maximum atomic E-state index is 12.9. The van der Waals surface area contributed by atoms with Gasteiger partial charge in [-0.25, -0.2) is 4.57 Å². The molecule has 2 atom stereocenters. The average molecular weight is 1350 g/mol. The molecule has 1 N–H and O–H groups in total. The molecule has 0 radical (unpaired) electrons. The number of likely N-dealkylation sites (N-methyl/N-ethyl adjacent to an activating group) is 1. The number of esters is 2. The Balaban J connectivity index is 3.88. The van der Waals surface area contributed by atoms with E-state index in [0.29, 0.717) is 17.4 Å². The number of allylic oxidation sites excluding steroid dienone is 6. The molecule has 0 aliphatic carbocycles. The molecule has 9 nitrogen and oxygen atoms in total. The van der Waals surface area contributed by atoms with E-state index < -0.39 is 26.5 Å². The first kappa shape index (κ1) is 92.2. The van der Waals surface area contributed by atoms with Gasteiger partial charge in [0.05, 0.1) is 27.7 Å². The van der Waals surface area contributed by atoms with Crippen LogP contribution in [0.1, 0.15) is 438 Å². The molecule has 10 heteroatoms. The number of quaternary nitrogens is 1. The first-order chi connectivity index (χ1) is 46.0. The standard InChI is InChI=1S/C84H162NO8P/c1-6-8-10-12-14-16-18-20-22-24-26-28-30-32-34-36-38-40-41-42-43-45-47-49-51-53-55-57-59-61-63-65-67-69-71-73-75-77-84(87)93-82(81-92-94(88,89)91-79-78-85(3,4)5)80-90-83(86)76-74-72-70-68-66-64-62-60-58-56-54-52-50-48-46-44-39-37-35-33-31-29-27-25-23-21-19-17-15-13-11-9-7-2/h18,20,24-27,82H,6-17,19,21-23,28-81H2,1-5H3/p+1/b20-18-,26-24-,27-25-. The van der Waals surface area contributed by atoms with Gasteiger partial charge in [-0.05, 0) is 70.6 Å². The van der Waals surface area contributed by atoms with Crippen LogP contribution in [-0.4, -0.2) is 74.9 Å². The van der Waals surface area contributed by atoms with Crippen molar-refractivity contribution in [2.24, 2.45) is 0 Å². The van der Waals surface area contributed by atoms with E-state index in [1.165, 1.54) is 366 Å². The third-order valence-corrected chi connectivity index (χ3v) is 20.1. The Morgan fingerprint density at radius 1 is 0.330 bits per heavy atom. The quantitative estimate of drug-likeness (QED) is 0.0211. The number of hydrogen-bond donors (Lipinski definition) is 1. The molecule has 0 saturated carbocycles. The van der Waals surface area contributed by atoms with Crippen molar-refractivity contribution in [2.45, 2.75) is 444 Å². The third-order valence-electron chi connectivity index (χ3n) is 19.1. The Morgan fingerprint density at radius 2 is 0.574 bits per heavy atom. The van der Waals surface area contributed by atoms with Crippen LogP contribution in [0, 0.1) is 0 Å². The first-order valence-corrected chi connectivity index (χ1v) is 43.2. The van der Waals surface area contributed by atoms with Gasteiger partial charge in [-0.3, -0.25) is 18.6 Å². The van der Waals surface area contributed by atoms with E-state index in [1.54, 1.807) is 0 Å². The zero-order valence-electron chi connectivity index (χ0n) is 63.7. The molecule has 0 saturated heterocycles. The Labute approximate surface area is 586 Å². The summed E-state index contributed by atoms with van der Waals surface area (Å²) in [5.74, 6) is -0.769. The number of unbranched alkanes of at least 4 members (excludes halogenated alkanes) is 59. The van der Waals surface area contributed by atoms with Crippen LogP contribution in [-0.2, 0) is 32.7 Å². The molecule has 556 valence electrons. The van der Waals surface area contributed by atoms with E-state index in [4.69, 9.17) is 18.5 Å². The molecule has 0 aromatic carbocycles. The molecule has 0 rings (SSSR count). The van der Waals surface area contributed by atoms with Crippen LogP contribution in [0.5, 0.6) is 0 Å². The minimum atomic E-state index is -4.39. The van der Waals surface area contributed by atoms with Crippen molar-refractivity contribution in [1.29, 1.82) is 0 Å². The summed E-state index contributed by atoms with van der Waals surface area (Å²) in [7, 11) is 1.50. The van der Waals surface area contributed by atoms with Gasteiger partial charge in [0.25, 0.3) is 0 Å². The molecule has 0 aliphatic rings. The lowest BCUT2D eigenvalue weighted by Gasteiger charge is -2.24. The highest BCUT2D eigenvalue weighted by Crippen LogP contribution is 2.43. The summed E-state index contributed by atoms with van der Waals surface area (Å²) >= 11 is 0. The van der Waals surface area contributed by atoms with Gasteiger partial charge in [-0.1, -0.05) is 391 Å². The number of phosphoric ester groups is 1. The Bertz CT molecular complexity index is 1680. The molecule has 0 aromatic heterocycles. The average Bonchev–Trinajstić information content (AvgIpc) is 1.56. The molecular formula is C84H163NO8P+. The largest absolute Gasteiger partial charge is 0.472 e. The monoisotopic (exact) mass is 1350 g/mol. The summed E-state index contributed by atoms with van der Waals surface area (Å²) in [6.45, 7) is 4.51. The first-order valence-electron chi connectivity index (χ1n) is 41.7. The van der Waals surface area contributed by atoms with Crippen LogP contribution < -0.4 is 0 Å². The summed E-state index contributed by atoms with van der Waals surface area (Å²) in [5, 5.41) is 0. The summed E-state index contributed by atoms with van der Waals surface area (Å²) < 4.78 is 34.9. The SMILES string of the molecule is CCCCCCC/C=C\C/C=C\CCCCCCCCCCCCCCCCCCCCCCCCCCCC(=O)OC(COC(=O)CCCCCCCCCCCCCCCCCCCCCCC/C=C\CCCCCCCCCC)COP(=O)(O)OCC[N+](C)(C)C. The van der Waals surface area contributed by atoms with E-state index in [1.807, 2.05) is 21.1 Å². The maximum Gasteiger partial charge on any atom is 0.472 e. The summed E-state index contributed by atoms with van der Waals surface area (Å²) in [6, 6.07) is 0. The smallest absolute Gasteiger partial charge is 0.462 e. The molecule has 0 spiro atoms. The normalized spacial score (nSPS) is 13.1. The van der Waals surface area contributed by atoms with Gasteiger partial charge >= 0.3 is 19.8 Å². The molecule has 0 amide bonds. The number of hydrogen-bond acceptors (Lipinski definition) is 7. The predicted octanol–water partition coefficient (Wildman–Crippen LogP) is 27.7. The Hall–Kier alpha value is -1.77. The van der Waals surface area contributed by atoms with E-state index in [9.17, 15) is 19.0 Å². The third kappa shape index (κ3) is 79.2. The number of nitrogens with zero attached hydrogens (tertiary/aromatic N) is 1. The fourth-order valence-electron chi connectivity index (χ4n) is 12.8. The summed E-state index contributed by atoms with van der Waals surface area (Å²) in [4.78, 5) is 36.0. The van der Waals surface area contributed by atoms with Crippen molar-refractivity contribution in [3.63, 3.8) is 0 Å². The van der Waals surface area contributed by atoms with E-state index in [2.05, 4.69) is 50.3 Å². The van der Waals surface area contributed by atoms with Gasteiger partial charge in [0, 0.05) is 12.8 Å². The van der Waals surface area contributed by atoms with Crippen molar-refractivity contribution in [2.75, 3.05) is 47.5 Å². The predicted molar refractivity (Wildman–Crippen MR) is 409 cm³/mol. The topological polar surface area (TPSA) is 108 Å². The number of ether oxygens (including phenoxy) is 2. The van der Waals surface area contributed by atoms with Crippen molar-refractivity contribution >= 4 is 19.8 Å². The van der Waals surface area contributed by atoms with Gasteiger partial charge in [-0.15, -0.1) is 0 Å². The highest BCUT2D eigenvalue weighted by molar-refractivity contribution is 7.47. The highest BCUT2D eigenvalue weighted by atomic mass is 31.2. The molecule has 2 unspecified atom stereocenters. The fourth-order valence-corrected chi connectivity index (χ4v) is 13.5. The number of phosphoric acid groups is 1. The van der Waals surface area contributed by atoms with Crippen molar-refractivity contribution in [3.8, 4) is 0 Å². The maximum absolute atomic E-state index is 12.9. The van der Waals surface area contributed by atoms with Gasteiger partial charge < -0.3 is 18.9 Å². The van der Waals surface area contributed by atoms with Gasteiger partial charge in [0.1, 0.15) is 19.8 Å². The van der Waals surface area contributed by atoms with Crippen molar-refractivity contribution in [1.82, 2.24) is 0 Å². The molecule has 0 fully saturated rings. The van der Waals surface area contributed by atoms with E-state index in [-0.39, 0.29) is 25.6 Å². The zero-order chi connectivity index (χ0) is 68.3. The lowest BCUT2D eigenvalue weighted by atomic mass is 10.0. The van der Waals surface area contributed by atoms with Crippen LogP contribution >= 0.6 is 7.82 Å². The molecule has 0 heterocycles. The van der Waals surface area contributed by atoms with Crippen molar-refractivity contribution < 1.29 is 42.1 Å². The van der Waals surface area contributed by atoms with E-state index >= 15 is 0 Å². The number of rotatable bonds is 79. The van der Waals surface area contributed by atoms with Gasteiger partial charge in [0.2, 0.25) is 0 Å². The number of carbonyl (C=O) groups excluding carboxylic acids is 2. The second-order valence-corrected chi connectivity index (χ2v) is 31.3. The van der Waals surface area contributed by atoms with Crippen LogP contribution in [0.2, 0.25) is 0 Å². The Kier molecular flexibility index (Phi) is 74.0. The zero-order valence-corrected chi connectivity index (χ0v) is 64.6. The summed E-state index contributed by atoms with van der Waals surface area (Å²) in [5.41, 5.74) is 0. The molecular weight excluding hydrogens is 1180 g/mol. The lowest BCUT2D eigenvalue weighted by molar-refractivity contribution is -0.870. The molecule has 0 aromatic rings. The van der Waals surface area contributed by atoms with Gasteiger partial charge in [-0.2, -0.15) is 0 Å². The van der Waals surface area contributed by atoms with Gasteiger partial charge in [0.15, 0.2) is 6.10 Å². The van der Waals surface area contributed by atoms with Crippen LogP contribution in [0.25, 0.3) is 0 Å². The van der Waals surface area contributed by atoms with E-state index in [0.717, 1.165) is 44.9 Å². The van der Waals surface area contributed by atoms with Crippen LogP contribution in [0.3, 0.4) is 0 Å². The fraction of sp³-hybridized carbons (Fsp3) is 0.905. The summed E-state index contributed by atoms with van der Waals surface area (Å²) in [6.07, 6.45) is 98.9. The molecule has 0 aliphatic heterocycles. The second kappa shape index (κ2) is 75.4. The minimum absolute atomic E-state index is 0.0356. The van der Waals surface area contributed by atoms with Crippen LogP contribution in [0.4, 0.5) is 0 Å². The lowest BCUT2D eigenvalue weighted by Crippen LogP contribution is -2.37. The minimum Gasteiger partial charge on any atom is -0.462 e. The van der Waals surface area contributed by atoms with Crippen molar-refractivity contribution in [3.05, 3.63) is 36.5 Å².